The maximum absolute atomic E-state index is 12.2. The molecule has 0 unspecified atom stereocenters. The Bertz CT molecular complexity index is 760. The number of rotatable bonds is 7. The van der Waals surface area contributed by atoms with Gasteiger partial charge in [0.1, 0.15) is 30.2 Å². The number of aryl methyl sites for hydroxylation is 1. The molecular formula is C21H24O7. The number of aliphatic hydroxyl groups excluding tert-OH is 4. The molecule has 1 aliphatic rings. The second kappa shape index (κ2) is 9.27. The van der Waals surface area contributed by atoms with Gasteiger partial charge in [-0.2, -0.15) is 0 Å². The molecule has 28 heavy (non-hydrogen) atoms. The van der Waals surface area contributed by atoms with E-state index >= 15 is 0 Å². The van der Waals surface area contributed by atoms with E-state index in [1.807, 2.05) is 18.2 Å². The minimum absolute atomic E-state index is 0.0715. The van der Waals surface area contributed by atoms with Gasteiger partial charge in [-0.25, -0.2) is 0 Å². The summed E-state index contributed by atoms with van der Waals surface area (Å²) in [5, 5.41) is 38.8. The summed E-state index contributed by atoms with van der Waals surface area (Å²) in [6.45, 7) is -0.515. The number of aliphatic hydroxyl groups is 4. The molecule has 1 aliphatic heterocycles. The molecule has 0 aliphatic carbocycles. The third-order valence-corrected chi connectivity index (χ3v) is 4.76. The smallest absolute Gasteiger partial charge is 0.229 e. The van der Waals surface area contributed by atoms with Crippen molar-refractivity contribution in [3.63, 3.8) is 0 Å². The second-order valence-electron chi connectivity index (χ2n) is 6.75. The molecule has 2 aromatic carbocycles. The first kappa shape index (κ1) is 20.4. The topological polar surface area (TPSA) is 116 Å². The number of hydrogen-bond donors (Lipinski definition) is 4. The number of carbonyl (C=O) groups excluding carboxylic acids is 1. The van der Waals surface area contributed by atoms with Gasteiger partial charge >= 0.3 is 0 Å². The zero-order chi connectivity index (χ0) is 20.1. The molecule has 0 radical (unpaired) electrons. The summed E-state index contributed by atoms with van der Waals surface area (Å²) < 4.78 is 10.9. The molecule has 0 saturated carbocycles. The molecule has 0 aromatic heterocycles. The predicted octanol–water partition coefficient (Wildman–Crippen LogP) is 0.681. The Balaban J connectivity index is 1.56. The van der Waals surface area contributed by atoms with Gasteiger partial charge in [-0.05, 0) is 24.1 Å². The average Bonchev–Trinajstić information content (AvgIpc) is 2.74. The Hall–Kier alpha value is -2.29. The summed E-state index contributed by atoms with van der Waals surface area (Å²) in [6, 6.07) is 16.1. The molecule has 150 valence electrons. The molecule has 3 rings (SSSR count). The Morgan fingerprint density at radius 3 is 2.25 bits per heavy atom. The minimum Gasteiger partial charge on any atom is -0.462 e. The van der Waals surface area contributed by atoms with Crippen molar-refractivity contribution in [1.29, 1.82) is 0 Å². The van der Waals surface area contributed by atoms with Crippen molar-refractivity contribution in [3.05, 3.63) is 65.7 Å². The first-order valence-electron chi connectivity index (χ1n) is 9.14. The quantitative estimate of drug-likeness (QED) is 0.516. The number of ether oxygens (including phenoxy) is 2. The summed E-state index contributed by atoms with van der Waals surface area (Å²) in [4.78, 5) is 12.2. The lowest BCUT2D eigenvalue weighted by Gasteiger charge is -2.39. The molecule has 0 spiro atoms. The van der Waals surface area contributed by atoms with Gasteiger partial charge < -0.3 is 29.9 Å². The van der Waals surface area contributed by atoms with Crippen molar-refractivity contribution in [2.45, 2.75) is 43.5 Å². The first-order chi connectivity index (χ1) is 13.5. The van der Waals surface area contributed by atoms with Crippen LogP contribution in [0.25, 0.3) is 0 Å². The van der Waals surface area contributed by atoms with E-state index in [-0.39, 0.29) is 5.78 Å². The van der Waals surface area contributed by atoms with Crippen LogP contribution < -0.4 is 4.74 Å². The number of hydrogen-bond acceptors (Lipinski definition) is 7. The fourth-order valence-electron chi connectivity index (χ4n) is 3.06. The molecule has 5 atom stereocenters. The molecule has 1 saturated heterocycles. The standard InChI is InChI=1S/C21H24O7/c22-12-17-18(24)19(25)20(26)21(28-17)27-15-9-6-13(7-10-15)8-11-16(23)14-4-2-1-3-5-14/h1-7,9-10,17-22,24-26H,8,11-12H2/t17-,18-,19+,20-,21-/m1/s1. The molecule has 7 nitrogen and oxygen atoms in total. The maximum Gasteiger partial charge on any atom is 0.229 e. The summed E-state index contributed by atoms with van der Waals surface area (Å²) in [7, 11) is 0. The lowest BCUT2D eigenvalue weighted by molar-refractivity contribution is -0.277. The van der Waals surface area contributed by atoms with Gasteiger partial charge in [0.2, 0.25) is 6.29 Å². The average molecular weight is 388 g/mol. The largest absolute Gasteiger partial charge is 0.462 e. The number of benzene rings is 2. The highest BCUT2D eigenvalue weighted by Crippen LogP contribution is 2.24. The molecular weight excluding hydrogens is 364 g/mol. The van der Waals surface area contributed by atoms with Crippen LogP contribution in [-0.2, 0) is 11.2 Å². The molecule has 7 heteroatoms. The van der Waals surface area contributed by atoms with Gasteiger partial charge in [-0.15, -0.1) is 0 Å². The molecule has 0 bridgehead atoms. The molecule has 1 heterocycles. The van der Waals surface area contributed by atoms with E-state index in [1.165, 1.54) is 0 Å². The van der Waals surface area contributed by atoms with Gasteiger partial charge in [0.05, 0.1) is 6.61 Å². The Labute approximate surface area is 162 Å². The van der Waals surface area contributed by atoms with Crippen LogP contribution in [0.1, 0.15) is 22.3 Å². The van der Waals surface area contributed by atoms with E-state index < -0.39 is 37.3 Å². The van der Waals surface area contributed by atoms with Crippen molar-refractivity contribution >= 4 is 5.78 Å². The van der Waals surface area contributed by atoms with E-state index in [4.69, 9.17) is 9.47 Å². The molecule has 1 fully saturated rings. The van der Waals surface area contributed by atoms with Crippen LogP contribution in [0.2, 0.25) is 0 Å². The van der Waals surface area contributed by atoms with E-state index in [2.05, 4.69) is 0 Å². The highest BCUT2D eigenvalue weighted by molar-refractivity contribution is 5.96. The third-order valence-electron chi connectivity index (χ3n) is 4.76. The zero-order valence-electron chi connectivity index (χ0n) is 15.2. The van der Waals surface area contributed by atoms with Crippen molar-refractivity contribution in [2.75, 3.05) is 6.61 Å². The lowest BCUT2D eigenvalue weighted by atomic mass is 9.99. The van der Waals surface area contributed by atoms with Crippen molar-refractivity contribution in [1.82, 2.24) is 0 Å². The number of ketones is 1. The highest BCUT2D eigenvalue weighted by atomic mass is 16.7. The summed E-state index contributed by atoms with van der Waals surface area (Å²) in [5.41, 5.74) is 1.63. The maximum atomic E-state index is 12.2. The van der Waals surface area contributed by atoms with Crippen LogP contribution in [0.3, 0.4) is 0 Å². The number of Topliss-reactive ketones (excluding diaryl/α,β-unsaturated/α-hetero) is 1. The van der Waals surface area contributed by atoms with Gasteiger partial charge in [-0.3, -0.25) is 4.79 Å². The van der Waals surface area contributed by atoms with Crippen LogP contribution >= 0.6 is 0 Å². The fraction of sp³-hybridized carbons (Fsp3) is 0.381. The van der Waals surface area contributed by atoms with Crippen LogP contribution in [0.4, 0.5) is 0 Å². The Kier molecular flexibility index (Phi) is 6.77. The summed E-state index contributed by atoms with van der Waals surface area (Å²) >= 11 is 0. The van der Waals surface area contributed by atoms with Gasteiger partial charge in [-0.1, -0.05) is 42.5 Å². The Morgan fingerprint density at radius 1 is 0.929 bits per heavy atom. The van der Waals surface area contributed by atoms with Crippen LogP contribution in [0.15, 0.2) is 54.6 Å². The predicted molar refractivity (Wildman–Crippen MR) is 99.9 cm³/mol. The highest BCUT2D eigenvalue weighted by Gasteiger charge is 2.44. The SMILES string of the molecule is O=C(CCc1ccc(O[C@@H]2O[C@H](CO)[C@@H](O)[C@H](O)[C@H]2O)cc1)c1ccccc1. The summed E-state index contributed by atoms with van der Waals surface area (Å²) in [6.07, 6.45) is -5.65. The van der Waals surface area contributed by atoms with Crippen molar-refractivity contribution in [3.8, 4) is 5.75 Å². The second-order valence-corrected chi connectivity index (χ2v) is 6.75. The Morgan fingerprint density at radius 2 is 1.61 bits per heavy atom. The van der Waals surface area contributed by atoms with Crippen LogP contribution in [-0.4, -0.2) is 63.5 Å². The van der Waals surface area contributed by atoms with E-state index in [0.29, 0.717) is 24.2 Å². The van der Waals surface area contributed by atoms with Crippen LogP contribution in [0.5, 0.6) is 5.75 Å². The molecule has 4 N–H and O–H groups in total. The molecule has 0 amide bonds. The van der Waals surface area contributed by atoms with Gasteiger partial charge in [0.25, 0.3) is 0 Å². The number of carbonyl (C=O) groups is 1. The third kappa shape index (κ3) is 4.76. The monoisotopic (exact) mass is 388 g/mol. The lowest BCUT2D eigenvalue weighted by Crippen LogP contribution is -2.60. The zero-order valence-corrected chi connectivity index (χ0v) is 15.2. The minimum atomic E-state index is -1.49. The van der Waals surface area contributed by atoms with Gasteiger partial charge in [0.15, 0.2) is 5.78 Å². The summed E-state index contributed by atoms with van der Waals surface area (Å²) in [5.74, 6) is 0.463. The first-order valence-corrected chi connectivity index (χ1v) is 9.14. The van der Waals surface area contributed by atoms with Crippen molar-refractivity contribution in [2.24, 2.45) is 0 Å². The molecule has 2 aromatic rings. The normalized spacial score (nSPS) is 27.4. The van der Waals surface area contributed by atoms with E-state index in [1.54, 1.807) is 36.4 Å². The van der Waals surface area contributed by atoms with E-state index in [9.17, 15) is 25.2 Å². The fourth-order valence-corrected chi connectivity index (χ4v) is 3.06. The van der Waals surface area contributed by atoms with Crippen LogP contribution in [0, 0.1) is 0 Å². The van der Waals surface area contributed by atoms with Gasteiger partial charge in [0, 0.05) is 12.0 Å². The van der Waals surface area contributed by atoms with E-state index in [0.717, 1.165) is 5.56 Å². The van der Waals surface area contributed by atoms with Crippen molar-refractivity contribution < 1.29 is 34.7 Å².